The van der Waals surface area contributed by atoms with Crippen molar-refractivity contribution < 1.29 is 24.5 Å². The van der Waals surface area contributed by atoms with Gasteiger partial charge in [0.2, 0.25) is 5.91 Å². The topological polar surface area (TPSA) is 95.9 Å². The number of rotatable bonds is 54. The normalized spacial score (nSPS) is 12.5. The van der Waals surface area contributed by atoms with Gasteiger partial charge in [-0.05, 0) is 25.7 Å². The number of hydrogen-bond donors (Lipinski definition) is 3. The quantitative estimate of drug-likeness (QED) is 0.0418. The first-order valence-corrected chi connectivity index (χ1v) is 28.8. The second-order valence-corrected chi connectivity index (χ2v) is 20.0. The number of esters is 1. The summed E-state index contributed by atoms with van der Waals surface area (Å²) in [6.07, 6.45) is 61.0. The lowest BCUT2D eigenvalue weighted by atomic mass is 10.0. The van der Waals surface area contributed by atoms with Crippen molar-refractivity contribution in [3.05, 3.63) is 0 Å². The van der Waals surface area contributed by atoms with Crippen molar-refractivity contribution >= 4 is 11.9 Å². The summed E-state index contributed by atoms with van der Waals surface area (Å²) in [5.74, 6) is -0.0175. The fourth-order valence-electron chi connectivity index (χ4n) is 9.23. The first-order valence-electron chi connectivity index (χ1n) is 28.8. The van der Waals surface area contributed by atoms with Crippen LogP contribution in [0.4, 0.5) is 0 Å². The van der Waals surface area contributed by atoms with E-state index in [1.165, 1.54) is 257 Å². The van der Waals surface area contributed by atoms with Gasteiger partial charge in [0, 0.05) is 12.8 Å². The van der Waals surface area contributed by atoms with E-state index in [0.717, 1.165) is 38.5 Å². The van der Waals surface area contributed by atoms with Crippen molar-refractivity contribution in [3.63, 3.8) is 0 Å². The highest BCUT2D eigenvalue weighted by Crippen LogP contribution is 2.18. The van der Waals surface area contributed by atoms with E-state index < -0.39 is 12.1 Å². The third-order valence-electron chi connectivity index (χ3n) is 13.7. The van der Waals surface area contributed by atoms with Crippen molar-refractivity contribution in [2.75, 3.05) is 13.2 Å². The summed E-state index contributed by atoms with van der Waals surface area (Å²) < 4.78 is 5.46. The smallest absolute Gasteiger partial charge is 0.305 e. The highest BCUT2D eigenvalue weighted by Gasteiger charge is 2.20. The van der Waals surface area contributed by atoms with Crippen molar-refractivity contribution in [3.8, 4) is 0 Å². The maximum Gasteiger partial charge on any atom is 0.305 e. The Morgan fingerprint density at radius 3 is 0.968 bits per heavy atom. The molecular weight excluding hydrogens is 779 g/mol. The van der Waals surface area contributed by atoms with Gasteiger partial charge >= 0.3 is 5.97 Å². The number of nitrogens with one attached hydrogen (secondary N) is 1. The SMILES string of the molecule is CCCCCCCCCCCCCC(=O)OCCCCCCCCCCCCCCCCCCCCCCCCCCC(=O)NC(CO)C(O)CCCCCCCCCCCCC. The Morgan fingerprint density at radius 1 is 0.381 bits per heavy atom. The number of carbonyl (C=O) groups is 2. The van der Waals surface area contributed by atoms with Crippen LogP contribution in [0.2, 0.25) is 0 Å². The van der Waals surface area contributed by atoms with Gasteiger partial charge < -0.3 is 20.3 Å². The van der Waals surface area contributed by atoms with Crippen molar-refractivity contribution in [2.45, 2.75) is 341 Å². The first-order chi connectivity index (χ1) is 31.0. The average molecular weight is 893 g/mol. The summed E-state index contributed by atoms with van der Waals surface area (Å²) in [6.45, 7) is 4.96. The predicted molar refractivity (Wildman–Crippen MR) is 274 cm³/mol. The van der Waals surface area contributed by atoms with E-state index in [1.54, 1.807) is 0 Å². The second-order valence-electron chi connectivity index (χ2n) is 20.0. The lowest BCUT2D eigenvalue weighted by molar-refractivity contribution is -0.143. The molecule has 0 aliphatic carbocycles. The van der Waals surface area contributed by atoms with Crippen LogP contribution in [0.25, 0.3) is 0 Å². The van der Waals surface area contributed by atoms with E-state index in [2.05, 4.69) is 19.2 Å². The number of aliphatic hydroxyl groups is 2. The molecule has 6 nitrogen and oxygen atoms in total. The third kappa shape index (κ3) is 50.1. The molecule has 0 aliphatic heterocycles. The van der Waals surface area contributed by atoms with Crippen molar-refractivity contribution in [1.29, 1.82) is 0 Å². The van der Waals surface area contributed by atoms with Gasteiger partial charge in [0.25, 0.3) is 0 Å². The zero-order chi connectivity index (χ0) is 45.8. The minimum Gasteiger partial charge on any atom is -0.466 e. The van der Waals surface area contributed by atoms with E-state index in [0.29, 0.717) is 25.9 Å². The Kier molecular flexibility index (Phi) is 52.5. The number of carbonyl (C=O) groups excluding carboxylic acids is 2. The molecule has 0 aromatic carbocycles. The van der Waals surface area contributed by atoms with Crippen LogP contribution in [0, 0.1) is 0 Å². The van der Waals surface area contributed by atoms with Gasteiger partial charge in [0.15, 0.2) is 0 Å². The molecule has 376 valence electrons. The predicted octanol–water partition coefficient (Wildman–Crippen LogP) is 17.5. The van der Waals surface area contributed by atoms with Gasteiger partial charge in [-0.1, -0.05) is 290 Å². The number of unbranched alkanes of at least 4 members (excludes halogenated alkanes) is 43. The maximum absolute atomic E-state index is 12.4. The number of hydrogen-bond acceptors (Lipinski definition) is 5. The Hall–Kier alpha value is -1.14. The molecule has 2 atom stereocenters. The summed E-state index contributed by atoms with van der Waals surface area (Å²) in [7, 11) is 0. The maximum atomic E-state index is 12.4. The van der Waals surface area contributed by atoms with Gasteiger partial charge in [-0.3, -0.25) is 9.59 Å². The molecule has 0 radical (unpaired) electrons. The summed E-state index contributed by atoms with van der Waals surface area (Å²) in [6, 6.07) is -0.537. The van der Waals surface area contributed by atoms with Crippen molar-refractivity contribution in [1.82, 2.24) is 5.32 Å². The second kappa shape index (κ2) is 53.5. The summed E-state index contributed by atoms with van der Waals surface area (Å²) in [5, 5.41) is 23.2. The zero-order valence-corrected chi connectivity index (χ0v) is 42.8. The number of ether oxygens (including phenoxy) is 1. The molecule has 0 bridgehead atoms. The molecular formula is C57H113NO5. The Balaban J connectivity index is 3.33. The van der Waals surface area contributed by atoms with E-state index in [-0.39, 0.29) is 18.5 Å². The van der Waals surface area contributed by atoms with Crippen LogP contribution in [0.3, 0.4) is 0 Å². The van der Waals surface area contributed by atoms with Crippen LogP contribution in [0.5, 0.6) is 0 Å². The van der Waals surface area contributed by atoms with Crippen LogP contribution >= 0.6 is 0 Å². The molecule has 0 saturated heterocycles. The molecule has 0 aliphatic rings. The number of aliphatic hydroxyl groups excluding tert-OH is 2. The summed E-state index contributed by atoms with van der Waals surface area (Å²) in [4.78, 5) is 24.4. The Bertz CT molecular complexity index is 898. The first kappa shape index (κ1) is 61.9. The van der Waals surface area contributed by atoms with Gasteiger partial charge in [-0.15, -0.1) is 0 Å². The molecule has 0 saturated carbocycles. The molecule has 0 rings (SSSR count). The summed E-state index contributed by atoms with van der Waals surface area (Å²) >= 11 is 0. The molecule has 6 heteroatoms. The standard InChI is InChI=1S/C57H113NO5/c1-3-5-7-9-11-13-29-33-37-41-45-49-55(60)54(53-59)58-56(61)50-46-42-38-34-31-27-25-23-21-19-17-15-16-18-20-22-24-26-28-32-36-40-44-48-52-63-57(62)51-47-43-39-35-30-14-12-10-8-6-4-2/h54-55,59-60H,3-53H2,1-2H3,(H,58,61). The van der Waals surface area contributed by atoms with E-state index in [1.807, 2.05) is 0 Å². The average Bonchev–Trinajstić information content (AvgIpc) is 3.28. The minimum absolute atomic E-state index is 0.0157. The molecule has 0 fully saturated rings. The zero-order valence-electron chi connectivity index (χ0n) is 42.8. The van der Waals surface area contributed by atoms with Crippen LogP contribution in [-0.2, 0) is 14.3 Å². The molecule has 0 aromatic rings. The molecule has 0 spiro atoms. The third-order valence-corrected chi connectivity index (χ3v) is 13.7. The molecule has 1 amide bonds. The van der Waals surface area contributed by atoms with Crippen LogP contribution in [-0.4, -0.2) is 47.4 Å². The largest absolute Gasteiger partial charge is 0.466 e. The van der Waals surface area contributed by atoms with Gasteiger partial charge in [0.1, 0.15) is 0 Å². The van der Waals surface area contributed by atoms with Gasteiger partial charge in [-0.25, -0.2) is 0 Å². The van der Waals surface area contributed by atoms with Crippen LogP contribution in [0.15, 0.2) is 0 Å². The molecule has 2 unspecified atom stereocenters. The monoisotopic (exact) mass is 892 g/mol. The van der Waals surface area contributed by atoms with E-state index >= 15 is 0 Å². The minimum atomic E-state index is -0.660. The molecule has 63 heavy (non-hydrogen) atoms. The lowest BCUT2D eigenvalue weighted by Crippen LogP contribution is -2.45. The van der Waals surface area contributed by atoms with Crippen LogP contribution < -0.4 is 5.32 Å². The fourth-order valence-corrected chi connectivity index (χ4v) is 9.23. The fraction of sp³-hybridized carbons (Fsp3) is 0.965. The lowest BCUT2D eigenvalue weighted by Gasteiger charge is -2.22. The van der Waals surface area contributed by atoms with E-state index in [9.17, 15) is 19.8 Å². The van der Waals surface area contributed by atoms with Gasteiger partial charge in [0.05, 0.1) is 25.4 Å². The van der Waals surface area contributed by atoms with Crippen LogP contribution in [0.1, 0.15) is 328 Å². The van der Waals surface area contributed by atoms with Crippen molar-refractivity contribution in [2.24, 2.45) is 0 Å². The Morgan fingerprint density at radius 2 is 0.651 bits per heavy atom. The van der Waals surface area contributed by atoms with E-state index in [4.69, 9.17) is 4.74 Å². The highest BCUT2D eigenvalue weighted by atomic mass is 16.5. The van der Waals surface area contributed by atoms with Gasteiger partial charge in [-0.2, -0.15) is 0 Å². The highest BCUT2D eigenvalue weighted by molar-refractivity contribution is 5.76. The Labute approximate surface area is 394 Å². The summed E-state index contributed by atoms with van der Waals surface area (Å²) in [5.41, 5.74) is 0. The number of amides is 1. The molecule has 3 N–H and O–H groups in total. The molecule has 0 aromatic heterocycles. The molecule has 0 heterocycles.